The lowest BCUT2D eigenvalue weighted by atomic mass is 10.1. The SMILES string of the molecule is Cc1nnc2ccc(C3(N)CC3)cn12. The Morgan fingerprint density at radius 2 is 2.14 bits per heavy atom. The van der Waals surface area contributed by atoms with Gasteiger partial charge in [0, 0.05) is 11.7 Å². The molecule has 0 bridgehead atoms. The lowest BCUT2D eigenvalue weighted by Gasteiger charge is -2.08. The molecule has 0 unspecified atom stereocenters. The predicted octanol–water partition coefficient (Wildman–Crippen LogP) is 0.986. The van der Waals surface area contributed by atoms with E-state index in [2.05, 4.69) is 22.5 Å². The first-order valence-corrected chi connectivity index (χ1v) is 4.80. The number of pyridine rings is 1. The van der Waals surface area contributed by atoms with E-state index in [-0.39, 0.29) is 5.54 Å². The topological polar surface area (TPSA) is 56.2 Å². The Labute approximate surface area is 81.8 Å². The summed E-state index contributed by atoms with van der Waals surface area (Å²) >= 11 is 0. The fraction of sp³-hybridized carbons (Fsp3) is 0.400. The Morgan fingerprint density at radius 3 is 2.86 bits per heavy atom. The van der Waals surface area contributed by atoms with Gasteiger partial charge in [-0.15, -0.1) is 10.2 Å². The van der Waals surface area contributed by atoms with Crippen molar-refractivity contribution in [3.05, 3.63) is 29.7 Å². The van der Waals surface area contributed by atoms with Crippen LogP contribution in [0, 0.1) is 6.92 Å². The maximum atomic E-state index is 6.12. The van der Waals surface area contributed by atoms with E-state index in [9.17, 15) is 0 Å². The molecule has 2 aromatic heterocycles. The molecule has 1 aliphatic rings. The van der Waals surface area contributed by atoms with E-state index in [1.807, 2.05) is 17.4 Å². The van der Waals surface area contributed by atoms with Gasteiger partial charge in [-0.25, -0.2) is 0 Å². The summed E-state index contributed by atoms with van der Waals surface area (Å²) in [6.07, 6.45) is 4.22. The third-order valence-electron chi connectivity index (χ3n) is 2.94. The molecule has 1 aliphatic carbocycles. The summed E-state index contributed by atoms with van der Waals surface area (Å²) < 4.78 is 1.99. The Kier molecular flexibility index (Phi) is 1.32. The smallest absolute Gasteiger partial charge is 0.160 e. The van der Waals surface area contributed by atoms with Gasteiger partial charge >= 0.3 is 0 Å². The van der Waals surface area contributed by atoms with Crippen molar-refractivity contribution in [2.24, 2.45) is 5.73 Å². The number of hydrogen-bond acceptors (Lipinski definition) is 3. The first kappa shape index (κ1) is 7.94. The summed E-state index contributed by atoms with van der Waals surface area (Å²) in [6.45, 7) is 1.94. The highest BCUT2D eigenvalue weighted by molar-refractivity contribution is 5.42. The van der Waals surface area contributed by atoms with E-state index < -0.39 is 0 Å². The lowest BCUT2D eigenvalue weighted by Crippen LogP contribution is -2.19. The van der Waals surface area contributed by atoms with Crippen LogP contribution < -0.4 is 5.73 Å². The number of fused-ring (bicyclic) bond motifs is 1. The van der Waals surface area contributed by atoms with Crippen molar-refractivity contribution in [3.63, 3.8) is 0 Å². The van der Waals surface area contributed by atoms with Crippen LogP contribution in [0.2, 0.25) is 0 Å². The maximum Gasteiger partial charge on any atom is 0.160 e. The molecule has 1 fully saturated rings. The molecule has 4 heteroatoms. The standard InChI is InChI=1S/C10H12N4/c1-7-12-13-9-3-2-8(6-14(7)9)10(11)4-5-10/h2-3,6H,4-5,11H2,1H3. The molecule has 72 valence electrons. The third-order valence-corrected chi connectivity index (χ3v) is 2.94. The zero-order valence-electron chi connectivity index (χ0n) is 8.07. The monoisotopic (exact) mass is 188 g/mol. The van der Waals surface area contributed by atoms with Crippen LogP contribution in [0.5, 0.6) is 0 Å². The third kappa shape index (κ3) is 0.974. The number of rotatable bonds is 1. The normalized spacial score (nSPS) is 18.7. The molecule has 0 aromatic carbocycles. The number of nitrogens with zero attached hydrogens (tertiary/aromatic N) is 3. The zero-order valence-corrected chi connectivity index (χ0v) is 8.07. The molecule has 0 atom stereocenters. The fourth-order valence-corrected chi connectivity index (χ4v) is 1.72. The molecular formula is C10H12N4. The summed E-state index contributed by atoms with van der Waals surface area (Å²) in [5, 5.41) is 8.05. The minimum atomic E-state index is -0.0785. The number of aryl methyl sites for hydroxylation is 1. The van der Waals surface area contributed by atoms with Crippen LogP contribution in [-0.2, 0) is 5.54 Å². The van der Waals surface area contributed by atoms with Crippen LogP contribution in [0.3, 0.4) is 0 Å². The molecule has 0 saturated heterocycles. The van der Waals surface area contributed by atoms with Gasteiger partial charge in [-0.3, -0.25) is 4.40 Å². The van der Waals surface area contributed by atoms with Crippen LogP contribution >= 0.6 is 0 Å². The second-order valence-electron chi connectivity index (χ2n) is 4.05. The average molecular weight is 188 g/mol. The van der Waals surface area contributed by atoms with E-state index >= 15 is 0 Å². The fourth-order valence-electron chi connectivity index (χ4n) is 1.72. The highest BCUT2D eigenvalue weighted by Crippen LogP contribution is 2.42. The van der Waals surface area contributed by atoms with Crippen molar-refractivity contribution in [2.75, 3.05) is 0 Å². The van der Waals surface area contributed by atoms with Crippen LogP contribution in [0.4, 0.5) is 0 Å². The van der Waals surface area contributed by atoms with Crippen molar-refractivity contribution in [1.29, 1.82) is 0 Å². The molecular weight excluding hydrogens is 176 g/mol. The number of hydrogen-bond donors (Lipinski definition) is 1. The van der Waals surface area contributed by atoms with Crippen LogP contribution in [0.1, 0.15) is 24.2 Å². The molecule has 2 aromatic rings. The Hall–Kier alpha value is -1.42. The van der Waals surface area contributed by atoms with Gasteiger partial charge in [0.1, 0.15) is 5.82 Å². The largest absolute Gasteiger partial charge is 0.321 e. The molecule has 14 heavy (non-hydrogen) atoms. The van der Waals surface area contributed by atoms with E-state index in [0.29, 0.717) is 0 Å². The number of nitrogens with two attached hydrogens (primary N) is 1. The van der Waals surface area contributed by atoms with Gasteiger partial charge in [0.25, 0.3) is 0 Å². The molecule has 4 nitrogen and oxygen atoms in total. The minimum absolute atomic E-state index is 0.0785. The average Bonchev–Trinajstić information content (AvgIpc) is 2.84. The van der Waals surface area contributed by atoms with Crippen LogP contribution in [0.25, 0.3) is 5.65 Å². The quantitative estimate of drug-likeness (QED) is 0.726. The van der Waals surface area contributed by atoms with Crippen molar-refractivity contribution in [1.82, 2.24) is 14.6 Å². The van der Waals surface area contributed by atoms with Gasteiger partial charge in [0.05, 0.1) is 0 Å². The zero-order chi connectivity index (χ0) is 9.76. The van der Waals surface area contributed by atoms with Crippen molar-refractivity contribution in [2.45, 2.75) is 25.3 Å². The van der Waals surface area contributed by atoms with Gasteiger partial charge in [-0.05, 0) is 31.4 Å². The van der Waals surface area contributed by atoms with Crippen molar-refractivity contribution >= 4 is 5.65 Å². The highest BCUT2D eigenvalue weighted by Gasteiger charge is 2.40. The Balaban J connectivity index is 2.23. The molecule has 2 N–H and O–H groups in total. The van der Waals surface area contributed by atoms with Gasteiger partial charge in [-0.1, -0.05) is 6.07 Å². The van der Waals surface area contributed by atoms with E-state index in [1.165, 1.54) is 5.56 Å². The molecule has 1 saturated carbocycles. The second-order valence-corrected chi connectivity index (χ2v) is 4.05. The summed E-state index contributed by atoms with van der Waals surface area (Å²) in [5.41, 5.74) is 8.12. The molecule has 3 rings (SSSR count). The van der Waals surface area contributed by atoms with Crippen molar-refractivity contribution < 1.29 is 0 Å². The maximum absolute atomic E-state index is 6.12. The van der Waals surface area contributed by atoms with Crippen LogP contribution in [0.15, 0.2) is 18.3 Å². The van der Waals surface area contributed by atoms with Crippen molar-refractivity contribution in [3.8, 4) is 0 Å². The Morgan fingerprint density at radius 1 is 1.36 bits per heavy atom. The molecule has 0 radical (unpaired) electrons. The molecule has 2 heterocycles. The molecule has 0 aliphatic heterocycles. The van der Waals surface area contributed by atoms with Gasteiger partial charge in [0.15, 0.2) is 5.65 Å². The van der Waals surface area contributed by atoms with Gasteiger partial charge < -0.3 is 5.73 Å². The summed E-state index contributed by atoms with van der Waals surface area (Å²) in [6, 6.07) is 4.03. The van der Waals surface area contributed by atoms with Gasteiger partial charge in [0.2, 0.25) is 0 Å². The second kappa shape index (κ2) is 2.33. The van der Waals surface area contributed by atoms with E-state index in [0.717, 1.165) is 24.3 Å². The summed E-state index contributed by atoms with van der Waals surface area (Å²) in [4.78, 5) is 0. The van der Waals surface area contributed by atoms with E-state index in [1.54, 1.807) is 0 Å². The summed E-state index contributed by atoms with van der Waals surface area (Å²) in [5.74, 6) is 0.908. The minimum Gasteiger partial charge on any atom is -0.321 e. The summed E-state index contributed by atoms with van der Waals surface area (Å²) in [7, 11) is 0. The molecule has 0 spiro atoms. The Bertz CT molecular complexity index is 496. The molecule has 0 amide bonds. The predicted molar refractivity (Wildman–Crippen MR) is 52.8 cm³/mol. The first-order valence-electron chi connectivity index (χ1n) is 4.80. The number of aromatic nitrogens is 3. The van der Waals surface area contributed by atoms with E-state index in [4.69, 9.17) is 5.73 Å². The van der Waals surface area contributed by atoms with Gasteiger partial charge in [-0.2, -0.15) is 0 Å². The highest BCUT2D eigenvalue weighted by atomic mass is 15.2. The lowest BCUT2D eigenvalue weighted by molar-refractivity contribution is 0.731. The first-order chi connectivity index (χ1) is 6.69. The van der Waals surface area contributed by atoms with Crippen LogP contribution in [-0.4, -0.2) is 14.6 Å².